The summed E-state index contributed by atoms with van der Waals surface area (Å²) in [6.45, 7) is 1.40. The molecule has 0 aromatic heterocycles. The number of aryl methyl sites for hydroxylation is 1. The maximum atomic E-state index is 12.3. The molecule has 0 fully saturated rings. The lowest BCUT2D eigenvalue weighted by Gasteiger charge is -2.32. The van der Waals surface area contributed by atoms with E-state index in [9.17, 15) is 14.9 Å². The van der Waals surface area contributed by atoms with Crippen molar-refractivity contribution in [2.45, 2.75) is 25.3 Å². The van der Waals surface area contributed by atoms with E-state index in [2.05, 4.69) is 39.8 Å². The number of anilines is 1. The number of hydrogen-bond donors (Lipinski definition) is 2. The Labute approximate surface area is 164 Å². The summed E-state index contributed by atoms with van der Waals surface area (Å²) in [6.07, 6.45) is 3.33. The predicted molar refractivity (Wildman–Crippen MR) is 109 cm³/mol. The molecule has 0 unspecified atom stereocenters. The minimum absolute atomic E-state index is 0.00365. The average molecular weight is 382 g/mol. The van der Waals surface area contributed by atoms with Gasteiger partial charge in [0.05, 0.1) is 11.5 Å². The molecule has 0 saturated carbocycles. The average Bonchev–Trinajstić information content (AvgIpc) is 2.71. The Balaban J connectivity index is 1.41. The summed E-state index contributed by atoms with van der Waals surface area (Å²) in [5.74, 6) is -0.00365. The Bertz CT molecular complexity index is 823. The SMILES string of the molecule is CN(CC(=O)NCCNc1ccc([N+](=O)[O-])cc1)[C@@H]1CCCc2ccccc21. The first-order valence-corrected chi connectivity index (χ1v) is 9.57. The van der Waals surface area contributed by atoms with Gasteiger partial charge in [0.25, 0.3) is 5.69 Å². The molecule has 1 aliphatic carbocycles. The summed E-state index contributed by atoms with van der Waals surface area (Å²) >= 11 is 0. The fourth-order valence-electron chi connectivity index (χ4n) is 3.69. The number of fused-ring (bicyclic) bond motifs is 1. The molecule has 0 radical (unpaired) electrons. The quantitative estimate of drug-likeness (QED) is 0.416. The standard InChI is InChI=1S/C21H26N4O3/c1-24(20-8-4-6-16-5-2-3-7-19(16)20)15-21(26)23-14-13-22-17-9-11-18(12-10-17)25(27)28/h2-3,5,7,9-12,20,22H,4,6,8,13-15H2,1H3,(H,23,26)/t20-/m1/s1. The van der Waals surface area contributed by atoms with Crippen LogP contribution in [0.2, 0.25) is 0 Å². The summed E-state index contributed by atoms with van der Waals surface area (Å²) in [4.78, 5) is 24.6. The first-order valence-electron chi connectivity index (χ1n) is 9.57. The smallest absolute Gasteiger partial charge is 0.269 e. The molecule has 7 heteroatoms. The van der Waals surface area contributed by atoms with E-state index in [1.165, 1.54) is 23.3 Å². The summed E-state index contributed by atoms with van der Waals surface area (Å²) < 4.78 is 0. The highest BCUT2D eigenvalue weighted by Crippen LogP contribution is 2.33. The normalized spacial score (nSPS) is 15.7. The Hall–Kier alpha value is -2.93. The van der Waals surface area contributed by atoms with Crippen LogP contribution in [0, 0.1) is 10.1 Å². The predicted octanol–water partition coefficient (Wildman–Crippen LogP) is 3.13. The molecule has 0 bridgehead atoms. The van der Waals surface area contributed by atoms with E-state index in [1.807, 2.05) is 7.05 Å². The van der Waals surface area contributed by atoms with E-state index >= 15 is 0 Å². The number of nitro benzene ring substituents is 1. The van der Waals surface area contributed by atoms with Gasteiger partial charge in [-0.3, -0.25) is 19.8 Å². The molecular weight excluding hydrogens is 356 g/mol. The lowest BCUT2D eigenvalue weighted by Crippen LogP contribution is -2.39. The molecule has 2 aromatic rings. The summed E-state index contributed by atoms with van der Waals surface area (Å²) in [7, 11) is 2.00. The van der Waals surface area contributed by atoms with Crippen molar-refractivity contribution in [3.05, 3.63) is 69.8 Å². The van der Waals surface area contributed by atoms with E-state index in [0.717, 1.165) is 24.9 Å². The van der Waals surface area contributed by atoms with Gasteiger partial charge in [0.15, 0.2) is 0 Å². The zero-order valence-electron chi connectivity index (χ0n) is 16.1. The largest absolute Gasteiger partial charge is 0.383 e. The molecule has 0 heterocycles. The molecule has 1 amide bonds. The van der Waals surface area contributed by atoms with Crippen molar-refractivity contribution in [2.24, 2.45) is 0 Å². The number of nitrogens with one attached hydrogen (secondary N) is 2. The monoisotopic (exact) mass is 382 g/mol. The highest BCUT2D eigenvalue weighted by Gasteiger charge is 2.24. The zero-order valence-corrected chi connectivity index (χ0v) is 16.1. The van der Waals surface area contributed by atoms with Crippen LogP contribution in [0.25, 0.3) is 0 Å². The molecule has 1 aliphatic rings. The van der Waals surface area contributed by atoms with E-state index in [1.54, 1.807) is 12.1 Å². The Kier molecular flexibility index (Phi) is 6.60. The van der Waals surface area contributed by atoms with Crippen LogP contribution in [0.4, 0.5) is 11.4 Å². The molecule has 2 N–H and O–H groups in total. The van der Waals surface area contributed by atoms with Crippen molar-refractivity contribution >= 4 is 17.3 Å². The fourth-order valence-corrected chi connectivity index (χ4v) is 3.69. The third-order valence-electron chi connectivity index (χ3n) is 5.12. The van der Waals surface area contributed by atoms with Crippen LogP contribution in [0.5, 0.6) is 0 Å². The maximum Gasteiger partial charge on any atom is 0.269 e. The second-order valence-corrected chi connectivity index (χ2v) is 7.10. The summed E-state index contributed by atoms with van der Waals surface area (Å²) in [5.41, 5.74) is 3.57. The number of non-ortho nitro benzene ring substituents is 1. The molecule has 2 aromatic carbocycles. The fraction of sp³-hybridized carbons (Fsp3) is 0.381. The summed E-state index contributed by atoms with van der Waals surface area (Å²) in [6, 6.07) is 15.0. The molecule has 148 valence electrons. The van der Waals surface area contributed by atoms with Gasteiger partial charge in [-0.2, -0.15) is 0 Å². The van der Waals surface area contributed by atoms with Gasteiger partial charge in [0.1, 0.15) is 0 Å². The van der Waals surface area contributed by atoms with E-state index in [-0.39, 0.29) is 17.6 Å². The second-order valence-electron chi connectivity index (χ2n) is 7.10. The van der Waals surface area contributed by atoms with Crippen molar-refractivity contribution < 1.29 is 9.72 Å². The molecule has 7 nitrogen and oxygen atoms in total. The van der Waals surface area contributed by atoms with Crippen molar-refractivity contribution in [1.29, 1.82) is 0 Å². The number of amides is 1. The highest BCUT2D eigenvalue weighted by molar-refractivity contribution is 5.78. The topological polar surface area (TPSA) is 87.5 Å². The van der Waals surface area contributed by atoms with Gasteiger partial charge in [-0.15, -0.1) is 0 Å². The second kappa shape index (κ2) is 9.32. The molecule has 0 aliphatic heterocycles. The third-order valence-corrected chi connectivity index (χ3v) is 5.12. The lowest BCUT2D eigenvalue weighted by atomic mass is 9.87. The van der Waals surface area contributed by atoms with Crippen LogP contribution in [0.3, 0.4) is 0 Å². The number of hydrogen-bond acceptors (Lipinski definition) is 5. The maximum absolute atomic E-state index is 12.3. The van der Waals surface area contributed by atoms with Crippen LogP contribution in [-0.2, 0) is 11.2 Å². The van der Waals surface area contributed by atoms with Gasteiger partial charge in [-0.1, -0.05) is 24.3 Å². The van der Waals surface area contributed by atoms with Crippen LogP contribution in [-0.4, -0.2) is 42.4 Å². The molecule has 28 heavy (non-hydrogen) atoms. The highest BCUT2D eigenvalue weighted by atomic mass is 16.6. The molecule has 0 saturated heterocycles. The molecular formula is C21H26N4O3. The van der Waals surface area contributed by atoms with Gasteiger partial charge < -0.3 is 10.6 Å². The minimum atomic E-state index is -0.425. The van der Waals surface area contributed by atoms with E-state index in [0.29, 0.717) is 19.6 Å². The minimum Gasteiger partial charge on any atom is -0.383 e. The summed E-state index contributed by atoms with van der Waals surface area (Å²) in [5, 5.41) is 16.7. The molecule has 0 spiro atoms. The number of nitrogens with zero attached hydrogens (tertiary/aromatic N) is 2. The van der Waals surface area contributed by atoms with Gasteiger partial charge in [0.2, 0.25) is 5.91 Å². The third kappa shape index (κ3) is 5.07. The van der Waals surface area contributed by atoms with Gasteiger partial charge in [-0.25, -0.2) is 0 Å². The van der Waals surface area contributed by atoms with Crippen molar-refractivity contribution in [2.75, 3.05) is 32.0 Å². The number of rotatable bonds is 8. The van der Waals surface area contributed by atoms with E-state index in [4.69, 9.17) is 0 Å². The van der Waals surface area contributed by atoms with Crippen LogP contribution < -0.4 is 10.6 Å². The van der Waals surface area contributed by atoms with Crippen molar-refractivity contribution in [3.63, 3.8) is 0 Å². The van der Waals surface area contributed by atoms with Crippen LogP contribution in [0.15, 0.2) is 48.5 Å². The van der Waals surface area contributed by atoms with Gasteiger partial charge in [0, 0.05) is 37.0 Å². The Morgan fingerprint density at radius 3 is 2.68 bits per heavy atom. The Morgan fingerprint density at radius 1 is 1.18 bits per heavy atom. The number of nitro groups is 1. The lowest BCUT2D eigenvalue weighted by molar-refractivity contribution is -0.384. The van der Waals surface area contributed by atoms with Gasteiger partial charge in [-0.05, 0) is 49.6 Å². The molecule has 3 rings (SSSR count). The number of carbonyl (C=O) groups is 1. The van der Waals surface area contributed by atoms with Crippen molar-refractivity contribution in [3.8, 4) is 0 Å². The first kappa shape index (κ1) is 19.8. The van der Waals surface area contributed by atoms with Crippen molar-refractivity contribution in [1.82, 2.24) is 10.2 Å². The number of benzene rings is 2. The Morgan fingerprint density at radius 2 is 1.93 bits per heavy atom. The van der Waals surface area contributed by atoms with Gasteiger partial charge >= 0.3 is 0 Å². The van der Waals surface area contributed by atoms with Crippen LogP contribution in [0.1, 0.15) is 30.0 Å². The first-order chi connectivity index (χ1) is 13.5. The number of likely N-dealkylation sites (N-methyl/N-ethyl adjacent to an activating group) is 1. The number of carbonyl (C=O) groups excluding carboxylic acids is 1. The zero-order chi connectivity index (χ0) is 19.9. The molecule has 1 atom stereocenters. The van der Waals surface area contributed by atoms with Crippen LogP contribution >= 0.6 is 0 Å². The van der Waals surface area contributed by atoms with E-state index < -0.39 is 4.92 Å².